The molecule has 0 aliphatic heterocycles. The average Bonchev–Trinajstić information content (AvgIpc) is 1.63. The first-order chi connectivity index (χ1) is 4.04. The van der Waals surface area contributed by atoms with Crippen molar-refractivity contribution in [2.75, 3.05) is 0 Å². The Balaban J connectivity index is 0. The molecule has 0 saturated heterocycles. The summed E-state index contributed by atoms with van der Waals surface area (Å²) in [7, 11) is 0. The molecule has 5 heteroatoms. The molecule has 0 atom stereocenters. The number of carboxylic acid groups (broad SMARTS) is 1. The molecule has 4 nitrogen and oxygen atoms in total. The molecule has 0 aromatic carbocycles. The van der Waals surface area contributed by atoms with Crippen LogP contribution in [-0.2, 0) is 14.4 Å². The molecule has 0 aliphatic rings. The second-order valence-corrected chi connectivity index (χ2v) is 1.61. The van der Waals surface area contributed by atoms with Crippen LogP contribution in [0.25, 0.3) is 0 Å². The average molecular weight is 220 g/mol. The van der Waals surface area contributed by atoms with E-state index in [2.05, 4.69) is 0 Å². The van der Waals surface area contributed by atoms with Crippen LogP contribution in [0.15, 0.2) is 0 Å². The summed E-state index contributed by atoms with van der Waals surface area (Å²) in [4.78, 5) is 29.9. The molecule has 0 amide bonds. The van der Waals surface area contributed by atoms with Crippen LogP contribution >= 0.6 is 0 Å². The van der Waals surface area contributed by atoms with Gasteiger partial charge in [-0.25, -0.2) is 4.79 Å². The first-order valence-electron chi connectivity index (χ1n) is 2.29. The number of carbonyl (C=O) groups excluding carboxylic acids is 2. The number of carboxylic acids is 1. The molecule has 0 fully saturated rings. The Morgan fingerprint density at radius 1 is 1.30 bits per heavy atom. The van der Waals surface area contributed by atoms with E-state index in [0.29, 0.717) is 0 Å². The van der Waals surface area contributed by atoms with E-state index in [0.717, 1.165) is 0 Å². The Bertz CT molecular complexity index is 163. The molecular weight excluding hydrogens is 212 g/mol. The summed E-state index contributed by atoms with van der Waals surface area (Å²) >= 11 is 0. The minimum absolute atomic E-state index is 0. The van der Waals surface area contributed by atoms with Crippen molar-refractivity contribution in [3.05, 3.63) is 0 Å². The number of rotatable bonds is 3. The number of Topliss-reactive ketones (excluding diaryl/α,β-unsaturated/α-hetero) is 2. The number of aliphatic carboxylic acids is 1. The topological polar surface area (TPSA) is 71.4 Å². The van der Waals surface area contributed by atoms with E-state index in [1.807, 2.05) is 0 Å². The molecule has 0 aromatic heterocycles. The monoisotopic (exact) mass is 220 g/mol. The fourth-order valence-corrected chi connectivity index (χ4v) is 0.302. The molecule has 10 heavy (non-hydrogen) atoms. The Morgan fingerprint density at radius 3 is 1.80 bits per heavy atom. The van der Waals surface area contributed by atoms with Crippen molar-refractivity contribution in [1.82, 2.24) is 0 Å². The van der Waals surface area contributed by atoms with E-state index >= 15 is 0 Å². The third-order valence-electron chi connectivity index (χ3n) is 0.648. The molecule has 0 unspecified atom stereocenters. The van der Waals surface area contributed by atoms with Gasteiger partial charge >= 0.3 is 51.5 Å². The van der Waals surface area contributed by atoms with Crippen LogP contribution in [0.4, 0.5) is 0 Å². The second-order valence-electron chi connectivity index (χ2n) is 1.61. The standard InChI is InChI=1S/C5H6O4.Sr.2H/c1-3(6)2-4(7)5(8)9;;;/h2H2,1H3,(H,8,9);;;. The number of hydrogen-bond acceptors (Lipinski definition) is 3. The SMILES string of the molecule is CC(=O)CC(=O)C(=O)O.[SrH2]. The van der Waals surface area contributed by atoms with Gasteiger partial charge in [0.25, 0.3) is 0 Å². The minimum atomic E-state index is -1.55. The maximum atomic E-state index is 10.1. The Morgan fingerprint density at radius 2 is 1.70 bits per heavy atom. The summed E-state index contributed by atoms with van der Waals surface area (Å²) in [5.74, 6) is -3.03. The molecule has 0 saturated carbocycles. The molecule has 0 rings (SSSR count). The predicted octanol–water partition coefficient (Wildman–Crippen LogP) is -1.30. The van der Waals surface area contributed by atoms with Gasteiger partial charge in [0.1, 0.15) is 5.78 Å². The third-order valence-corrected chi connectivity index (χ3v) is 0.648. The summed E-state index contributed by atoms with van der Waals surface area (Å²) in [5, 5.41) is 7.93. The van der Waals surface area contributed by atoms with E-state index in [1.54, 1.807) is 0 Å². The van der Waals surface area contributed by atoms with Crippen LogP contribution < -0.4 is 0 Å². The summed E-state index contributed by atoms with van der Waals surface area (Å²) in [6.45, 7) is 1.17. The van der Waals surface area contributed by atoms with Gasteiger partial charge in [-0.2, -0.15) is 0 Å². The van der Waals surface area contributed by atoms with Gasteiger partial charge in [-0.3, -0.25) is 9.59 Å². The molecule has 0 heterocycles. The van der Waals surface area contributed by atoms with Crippen molar-refractivity contribution in [3.8, 4) is 0 Å². The van der Waals surface area contributed by atoms with Crippen LogP contribution in [0, 0.1) is 0 Å². The van der Waals surface area contributed by atoms with Crippen molar-refractivity contribution in [3.63, 3.8) is 0 Å². The van der Waals surface area contributed by atoms with Crippen LogP contribution in [0.2, 0.25) is 0 Å². The van der Waals surface area contributed by atoms with Gasteiger partial charge in [-0.1, -0.05) is 0 Å². The molecule has 0 spiro atoms. The fraction of sp³-hybridized carbons (Fsp3) is 0.400. The van der Waals surface area contributed by atoms with Gasteiger partial charge in [-0.05, 0) is 6.92 Å². The van der Waals surface area contributed by atoms with Crippen molar-refractivity contribution in [2.45, 2.75) is 13.3 Å². The first kappa shape index (κ1) is 12.9. The van der Waals surface area contributed by atoms with Gasteiger partial charge in [0, 0.05) is 0 Å². The number of ketones is 2. The summed E-state index contributed by atoms with van der Waals surface area (Å²) in [5.41, 5.74) is 0. The van der Waals surface area contributed by atoms with Gasteiger partial charge in [-0.15, -0.1) is 0 Å². The Kier molecular flexibility index (Phi) is 7.79. The van der Waals surface area contributed by atoms with Crippen molar-refractivity contribution in [1.29, 1.82) is 0 Å². The van der Waals surface area contributed by atoms with Crippen molar-refractivity contribution < 1.29 is 19.5 Å². The fourth-order valence-electron chi connectivity index (χ4n) is 0.302. The molecule has 0 aromatic rings. The Hall–Kier alpha value is 0.291. The molecule has 54 valence electrons. The van der Waals surface area contributed by atoms with Crippen LogP contribution in [0.3, 0.4) is 0 Å². The van der Waals surface area contributed by atoms with Gasteiger partial charge in [0.05, 0.1) is 6.42 Å². The second kappa shape index (κ2) is 6.03. The first-order valence-corrected chi connectivity index (χ1v) is 2.29. The van der Waals surface area contributed by atoms with Crippen LogP contribution in [0.5, 0.6) is 0 Å². The predicted molar refractivity (Wildman–Crippen MR) is 36.5 cm³/mol. The van der Waals surface area contributed by atoms with E-state index < -0.39 is 24.0 Å². The quantitative estimate of drug-likeness (QED) is 0.364. The zero-order valence-corrected chi connectivity index (χ0v) is 4.88. The van der Waals surface area contributed by atoms with Crippen molar-refractivity contribution >= 4 is 63.0 Å². The normalized spacial score (nSPS) is 7.70. The summed E-state index contributed by atoms with van der Waals surface area (Å²) in [6, 6.07) is 0. The van der Waals surface area contributed by atoms with E-state index in [-0.39, 0.29) is 45.5 Å². The van der Waals surface area contributed by atoms with Crippen LogP contribution in [0.1, 0.15) is 13.3 Å². The zero-order valence-electron chi connectivity index (χ0n) is 4.88. The Labute approximate surface area is 94.9 Å². The zero-order chi connectivity index (χ0) is 7.44. The van der Waals surface area contributed by atoms with E-state index in [4.69, 9.17) is 5.11 Å². The summed E-state index contributed by atoms with van der Waals surface area (Å²) < 4.78 is 0. The molecular formula is C5H8O4Sr. The number of hydrogen-bond donors (Lipinski definition) is 1. The molecule has 1 N–H and O–H groups in total. The van der Waals surface area contributed by atoms with Crippen LogP contribution in [-0.4, -0.2) is 68.1 Å². The molecule has 0 aliphatic carbocycles. The third kappa shape index (κ3) is 6.41. The van der Waals surface area contributed by atoms with E-state index in [1.165, 1.54) is 6.92 Å². The van der Waals surface area contributed by atoms with E-state index in [9.17, 15) is 14.4 Å². The van der Waals surface area contributed by atoms with Gasteiger partial charge in [0.2, 0.25) is 5.78 Å². The maximum absolute atomic E-state index is 10.1. The molecule has 0 bridgehead atoms. The van der Waals surface area contributed by atoms with Gasteiger partial charge < -0.3 is 5.11 Å². The summed E-state index contributed by atoms with van der Waals surface area (Å²) in [6.07, 6.45) is -0.505. The number of carbonyl (C=O) groups is 3. The van der Waals surface area contributed by atoms with Crippen molar-refractivity contribution in [2.24, 2.45) is 0 Å². The van der Waals surface area contributed by atoms with Gasteiger partial charge in [0.15, 0.2) is 0 Å². The molecule has 0 radical (unpaired) electrons.